The second kappa shape index (κ2) is 10.2. The van der Waals surface area contributed by atoms with E-state index in [1.807, 2.05) is 60.3 Å². The minimum atomic E-state index is -3.05. The van der Waals surface area contributed by atoms with Crippen LogP contribution in [0.1, 0.15) is 12.0 Å². The van der Waals surface area contributed by atoms with Crippen molar-refractivity contribution in [2.24, 2.45) is 0 Å². The molecule has 2 rings (SSSR count). The van der Waals surface area contributed by atoms with Crippen molar-refractivity contribution in [3.05, 3.63) is 47.7 Å². The highest BCUT2D eigenvalue weighted by Gasteiger charge is 2.31. The molecular weight excluding hydrogens is 376 g/mol. The number of nitrogens with one attached hydrogen (secondary N) is 1. The van der Waals surface area contributed by atoms with Crippen molar-refractivity contribution in [3.8, 4) is 6.07 Å². The zero-order chi connectivity index (χ0) is 20.6. The Morgan fingerprint density at radius 1 is 1.29 bits per heavy atom. The highest BCUT2D eigenvalue weighted by atomic mass is 32.2. The van der Waals surface area contributed by atoms with Crippen molar-refractivity contribution in [1.29, 1.82) is 5.26 Å². The predicted octanol–water partition coefficient (Wildman–Crippen LogP) is 0.803. The summed E-state index contributed by atoms with van der Waals surface area (Å²) in [6.45, 7) is 1.68. The molecule has 0 bridgehead atoms. The van der Waals surface area contributed by atoms with E-state index in [0.717, 1.165) is 5.56 Å². The van der Waals surface area contributed by atoms with Crippen LogP contribution in [0.5, 0.6) is 0 Å². The van der Waals surface area contributed by atoms with Crippen LogP contribution in [0.25, 0.3) is 0 Å². The quantitative estimate of drug-likeness (QED) is 0.483. The van der Waals surface area contributed by atoms with Crippen LogP contribution in [0, 0.1) is 11.3 Å². The van der Waals surface area contributed by atoms with E-state index in [1.54, 1.807) is 0 Å². The van der Waals surface area contributed by atoms with Gasteiger partial charge >= 0.3 is 0 Å². The van der Waals surface area contributed by atoms with E-state index in [2.05, 4.69) is 5.32 Å². The van der Waals surface area contributed by atoms with E-state index < -0.39 is 15.7 Å². The third kappa shape index (κ3) is 6.98. The van der Waals surface area contributed by atoms with E-state index in [0.29, 0.717) is 32.5 Å². The minimum absolute atomic E-state index is 0.00360. The Hall–Kier alpha value is -2.37. The Kier molecular flexibility index (Phi) is 8.03. The maximum Gasteiger partial charge on any atom is 0.263 e. The van der Waals surface area contributed by atoms with Crippen LogP contribution in [0.4, 0.5) is 0 Å². The minimum Gasteiger partial charge on any atom is -0.371 e. The normalized spacial score (nSPS) is 18.6. The lowest BCUT2D eigenvalue weighted by Crippen LogP contribution is -2.38. The fourth-order valence-electron chi connectivity index (χ4n) is 3.07. The van der Waals surface area contributed by atoms with Gasteiger partial charge in [-0.1, -0.05) is 30.3 Å². The zero-order valence-electron chi connectivity index (χ0n) is 16.5. The Morgan fingerprint density at radius 3 is 2.57 bits per heavy atom. The summed E-state index contributed by atoms with van der Waals surface area (Å²) in [5, 5.41) is 12.2. The van der Waals surface area contributed by atoms with Gasteiger partial charge in [0.2, 0.25) is 0 Å². The first-order chi connectivity index (χ1) is 13.3. The maximum atomic E-state index is 12.4. The zero-order valence-corrected chi connectivity index (χ0v) is 17.3. The summed E-state index contributed by atoms with van der Waals surface area (Å²) in [4.78, 5) is 16.2. The molecule has 0 radical (unpaired) electrons. The van der Waals surface area contributed by atoms with Gasteiger partial charge in [0.05, 0.1) is 11.5 Å². The first-order valence-corrected chi connectivity index (χ1v) is 11.2. The molecule has 0 aromatic heterocycles. The van der Waals surface area contributed by atoms with Gasteiger partial charge in [0.1, 0.15) is 11.6 Å². The fraction of sp³-hybridized carbons (Fsp3) is 0.500. The molecule has 1 aromatic carbocycles. The van der Waals surface area contributed by atoms with Gasteiger partial charge in [0, 0.05) is 31.9 Å². The average molecular weight is 405 g/mol. The molecule has 8 heteroatoms. The van der Waals surface area contributed by atoms with Crippen LogP contribution in [-0.2, 0) is 21.1 Å². The molecule has 1 fully saturated rings. The van der Waals surface area contributed by atoms with Crippen molar-refractivity contribution in [3.63, 3.8) is 0 Å². The molecule has 152 valence electrons. The number of carbonyl (C=O) groups excluding carboxylic acids is 1. The molecule has 1 unspecified atom stereocenters. The number of nitrogens with zero attached hydrogens (tertiary/aromatic N) is 3. The van der Waals surface area contributed by atoms with Crippen LogP contribution < -0.4 is 5.32 Å². The van der Waals surface area contributed by atoms with E-state index in [-0.39, 0.29) is 23.1 Å². The summed E-state index contributed by atoms with van der Waals surface area (Å²) in [6.07, 6.45) is 2.71. The number of rotatable bonds is 9. The molecule has 1 heterocycles. The largest absolute Gasteiger partial charge is 0.371 e. The van der Waals surface area contributed by atoms with Crippen molar-refractivity contribution in [2.45, 2.75) is 18.9 Å². The molecule has 1 aliphatic rings. The molecule has 1 aromatic rings. The Morgan fingerprint density at radius 2 is 2.00 bits per heavy atom. The summed E-state index contributed by atoms with van der Waals surface area (Å²) in [5.41, 5.74) is 1.10. The fourth-order valence-corrected chi connectivity index (χ4v) is 4.81. The summed E-state index contributed by atoms with van der Waals surface area (Å²) in [7, 11) is 0.796. The molecule has 0 saturated carbocycles. The topological polar surface area (TPSA) is 93.5 Å². The molecule has 0 aliphatic carbocycles. The SMILES string of the molecule is CN(C)CCN(/C=C(/C#N)C(=O)NCCc1ccccc1)C1CCS(=O)(=O)C1. The van der Waals surface area contributed by atoms with Gasteiger partial charge in [-0.3, -0.25) is 4.79 Å². The van der Waals surface area contributed by atoms with E-state index in [9.17, 15) is 18.5 Å². The van der Waals surface area contributed by atoms with Crippen molar-refractivity contribution < 1.29 is 13.2 Å². The van der Waals surface area contributed by atoms with Crippen LogP contribution in [0.2, 0.25) is 0 Å². The lowest BCUT2D eigenvalue weighted by atomic mass is 10.1. The first-order valence-electron chi connectivity index (χ1n) is 9.35. The van der Waals surface area contributed by atoms with Gasteiger partial charge in [0.25, 0.3) is 5.91 Å². The smallest absolute Gasteiger partial charge is 0.263 e. The number of nitriles is 1. The Balaban J connectivity index is 2.03. The van der Waals surface area contributed by atoms with Crippen LogP contribution in [-0.4, -0.2) is 75.4 Å². The van der Waals surface area contributed by atoms with Gasteiger partial charge in [0.15, 0.2) is 9.84 Å². The van der Waals surface area contributed by atoms with Crippen molar-refractivity contribution in [1.82, 2.24) is 15.1 Å². The molecule has 1 N–H and O–H groups in total. The molecule has 1 aliphatic heterocycles. The molecule has 7 nitrogen and oxygen atoms in total. The maximum absolute atomic E-state index is 12.4. The van der Waals surface area contributed by atoms with Crippen molar-refractivity contribution in [2.75, 3.05) is 45.2 Å². The van der Waals surface area contributed by atoms with Gasteiger partial charge in [-0.25, -0.2) is 8.42 Å². The highest BCUT2D eigenvalue weighted by Crippen LogP contribution is 2.19. The number of benzene rings is 1. The van der Waals surface area contributed by atoms with E-state index in [4.69, 9.17) is 0 Å². The lowest BCUT2D eigenvalue weighted by molar-refractivity contribution is -0.117. The van der Waals surface area contributed by atoms with Gasteiger partial charge < -0.3 is 15.1 Å². The average Bonchev–Trinajstić information content (AvgIpc) is 3.02. The highest BCUT2D eigenvalue weighted by molar-refractivity contribution is 7.91. The molecule has 0 spiro atoms. The monoisotopic (exact) mass is 404 g/mol. The summed E-state index contributed by atoms with van der Waals surface area (Å²) in [5.74, 6) is -0.227. The standard InChI is InChI=1S/C20H28N4O3S/c1-23(2)11-12-24(19-9-13-28(26,27)16-19)15-18(14-21)20(25)22-10-8-17-6-4-3-5-7-17/h3-7,15,19H,8-13,16H2,1-2H3,(H,22,25)/b18-15-. The molecule has 1 saturated heterocycles. The second-order valence-corrected chi connectivity index (χ2v) is 9.47. The number of likely N-dealkylation sites (N-methyl/N-ethyl adjacent to an activating group) is 1. The van der Waals surface area contributed by atoms with E-state index >= 15 is 0 Å². The Labute approximate surface area is 167 Å². The third-order valence-electron chi connectivity index (χ3n) is 4.68. The molecule has 1 amide bonds. The van der Waals surface area contributed by atoms with Crippen LogP contribution in [0.3, 0.4) is 0 Å². The van der Waals surface area contributed by atoms with Gasteiger partial charge in [-0.2, -0.15) is 5.26 Å². The van der Waals surface area contributed by atoms with Crippen molar-refractivity contribution >= 4 is 15.7 Å². The predicted molar refractivity (Wildman–Crippen MR) is 109 cm³/mol. The molecule has 28 heavy (non-hydrogen) atoms. The Bertz CT molecular complexity index is 829. The number of hydrogen-bond donors (Lipinski definition) is 1. The number of hydrogen-bond acceptors (Lipinski definition) is 6. The molecule has 1 atom stereocenters. The second-order valence-electron chi connectivity index (χ2n) is 7.24. The third-order valence-corrected chi connectivity index (χ3v) is 6.44. The van der Waals surface area contributed by atoms with Crippen LogP contribution in [0.15, 0.2) is 42.1 Å². The van der Waals surface area contributed by atoms with E-state index in [1.165, 1.54) is 6.20 Å². The number of amides is 1. The summed E-state index contributed by atoms with van der Waals surface area (Å²) in [6, 6.07) is 11.5. The molecular formula is C20H28N4O3S. The summed E-state index contributed by atoms with van der Waals surface area (Å²) < 4.78 is 23.7. The number of sulfone groups is 1. The summed E-state index contributed by atoms with van der Waals surface area (Å²) >= 11 is 0. The lowest BCUT2D eigenvalue weighted by Gasteiger charge is -2.28. The van der Waals surface area contributed by atoms with Gasteiger partial charge in [-0.05, 0) is 32.5 Å². The first kappa shape index (κ1) is 21.9. The number of carbonyl (C=O) groups is 1. The van der Waals surface area contributed by atoms with Crippen LogP contribution >= 0.6 is 0 Å². The van der Waals surface area contributed by atoms with Gasteiger partial charge in [-0.15, -0.1) is 0 Å².